The van der Waals surface area contributed by atoms with Crippen LogP contribution in [0.15, 0.2) is 15.8 Å². The first-order chi connectivity index (χ1) is 8.73. The lowest BCUT2D eigenvalue weighted by Gasteiger charge is -2.17. The van der Waals surface area contributed by atoms with Gasteiger partial charge in [0.2, 0.25) is 0 Å². The van der Waals surface area contributed by atoms with E-state index in [1.807, 2.05) is 0 Å². The van der Waals surface area contributed by atoms with E-state index in [9.17, 15) is 14.2 Å². The minimum Gasteiger partial charge on any atom is -0.394 e. The van der Waals surface area contributed by atoms with E-state index in [1.54, 1.807) is 0 Å². The van der Waals surface area contributed by atoms with Gasteiger partial charge >= 0.3 is 13.3 Å². The van der Waals surface area contributed by atoms with E-state index in [4.69, 9.17) is 19.6 Å². The zero-order valence-electron chi connectivity index (χ0n) is 10.1. The van der Waals surface area contributed by atoms with Gasteiger partial charge in [-0.25, -0.2) is 4.79 Å². The number of aliphatic hydroxyl groups is 1. The zero-order chi connectivity index (χ0) is 14.6. The van der Waals surface area contributed by atoms with Gasteiger partial charge in [0.15, 0.2) is 0 Å². The van der Waals surface area contributed by atoms with Crippen molar-refractivity contribution in [2.75, 3.05) is 13.0 Å². The minimum atomic E-state index is -4.35. The number of H-pyrrole nitrogens is 1. The summed E-state index contributed by atoms with van der Waals surface area (Å²) in [4.78, 5) is 42.0. The third kappa shape index (κ3) is 5.09. The SMILES string of the molecule is Cc1cn(C[C@H](CO)OCP(=O)(O)O)c(=O)[nH]c1=O. The van der Waals surface area contributed by atoms with Crippen molar-refractivity contribution in [1.82, 2.24) is 9.55 Å². The van der Waals surface area contributed by atoms with Crippen molar-refractivity contribution >= 4 is 7.60 Å². The molecule has 9 nitrogen and oxygen atoms in total. The van der Waals surface area contributed by atoms with Gasteiger partial charge in [0.25, 0.3) is 5.56 Å². The number of aliphatic hydroxyl groups excluding tert-OH is 1. The molecule has 0 saturated carbocycles. The molecule has 0 bridgehead atoms. The molecule has 0 aliphatic heterocycles. The second-order valence-corrected chi connectivity index (χ2v) is 5.58. The Labute approximate surface area is 107 Å². The molecular formula is C9H15N2O7P. The highest BCUT2D eigenvalue weighted by Crippen LogP contribution is 2.34. The standard InChI is InChI=1S/C9H15N2O7P/c1-6-2-11(9(14)10-8(6)13)3-7(4-12)18-5-19(15,16)17/h2,7,12H,3-5H2,1H3,(H,10,13,14)(H2,15,16,17)/t7-/m1/s1. The van der Waals surface area contributed by atoms with Crippen LogP contribution >= 0.6 is 7.60 Å². The zero-order valence-corrected chi connectivity index (χ0v) is 11.0. The third-order valence-corrected chi connectivity index (χ3v) is 2.76. The van der Waals surface area contributed by atoms with Crippen molar-refractivity contribution in [3.8, 4) is 0 Å². The van der Waals surface area contributed by atoms with Gasteiger partial charge in [0.1, 0.15) is 6.35 Å². The van der Waals surface area contributed by atoms with E-state index in [0.717, 1.165) is 4.57 Å². The molecule has 0 aliphatic carbocycles. The van der Waals surface area contributed by atoms with Crippen molar-refractivity contribution in [2.45, 2.75) is 19.6 Å². The van der Waals surface area contributed by atoms with E-state index >= 15 is 0 Å². The number of aryl methyl sites for hydroxylation is 1. The Morgan fingerprint density at radius 2 is 2.11 bits per heavy atom. The number of ether oxygens (including phenoxy) is 1. The van der Waals surface area contributed by atoms with Crippen LogP contribution in [-0.4, -0.2) is 43.5 Å². The molecule has 0 saturated heterocycles. The van der Waals surface area contributed by atoms with Crippen molar-refractivity contribution in [3.05, 3.63) is 32.6 Å². The van der Waals surface area contributed by atoms with Crippen LogP contribution in [0.4, 0.5) is 0 Å². The average molecular weight is 294 g/mol. The van der Waals surface area contributed by atoms with Gasteiger partial charge in [-0.2, -0.15) is 0 Å². The third-order valence-electron chi connectivity index (χ3n) is 2.27. The maximum Gasteiger partial charge on any atom is 0.350 e. The fourth-order valence-electron chi connectivity index (χ4n) is 1.34. The smallest absolute Gasteiger partial charge is 0.350 e. The molecule has 0 aromatic carbocycles. The lowest BCUT2D eigenvalue weighted by atomic mass is 10.3. The molecule has 10 heteroatoms. The summed E-state index contributed by atoms with van der Waals surface area (Å²) >= 11 is 0. The summed E-state index contributed by atoms with van der Waals surface area (Å²) in [6, 6.07) is 0. The van der Waals surface area contributed by atoms with Crippen LogP contribution in [0.3, 0.4) is 0 Å². The highest BCUT2D eigenvalue weighted by atomic mass is 31.2. The van der Waals surface area contributed by atoms with Gasteiger partial charge in [-0.15, -0.1) is 0 Å². The molecule has 4 N–H and O–H groups in total. The Kier molecular flexibility index (Phi) is 5.21. The van der Waals surface area contributed by atoms with Crippen LogP contribution in [0, 0.1) is 6.92 Å². The minimum absolute atomic E-state index is 0.132. The summed E-state index contributed by atoms with van der Waals surface area (Å²) in [5.74, 6) is 0. The summed E-state index contributed by atoms with van der Waals surface area (Å²) < 4.78 is 16.6. The van der Waals surface area contributed by atoms with Gasteiger partial charge in [-0.3, -0.25) is 18.9 Å². The summed E-state index contributed by atoms with van der Waals surface area (Å²) in [7, 11) is -4.35. The second kappa shape index (κ2) is 6.27. The first-order valence-corrected chi connectivity index (χ1v) is 7.10. The number of nitrogens with zero attached hydrogens (tertiary/aromatic N) is 1. The van der Waals surface area contributed by atoms with Crippen LogP contribution in [0.1, 0.15) is 5.56 Å². The monoisotopic (exact) mass is 294 g/mol. The molecule has 0 fully saturated rings. The molecule has 0 amide bonds. The van der Waals surface area contributed by atoms with Gasteiger partial charge in [0, 0.05) is 11.8 Å². The average Bonchev–Trinajstić information content (AvgIpc) is 2.29. The molecule has 1 aromatic rings. The van der Waals surface area contributed by atoms with Crippen LogP contribution in [0.2, 0.25) is 0 Å². The number of aromatic amines is 1. The Bertz CT molecular complexity index is 587. The van der Waals surface area contributed by atoms with Gasteiger partial charge in [0.05, 0.1) is 19.3 Å². The fourth-order valence-corrected chi connectivity index (χ4v) is 1.74. The molecule has 1 aromatic heterocycles. The van der Waals surface area contributed by atoms with Crippen LogP contribution in [0.5, 0.6) is 0 Å². The van der Waals surface area contributed by atoms with Crippen molar-refractivity contribution in [1.29, 1.82) is 0 Å². The van der Waals surface area contributed by atoms with E-state index in [-0.39, 0.29) is 6.54 Å². The Hall–Kier alpha value is -1.25. The number of hydrogen-bond acceptors (Lipinski definition) is 5. The fraction of sp³-hybridized carbons (Fsp3) is 0.556. The molecule has 0 spiro atoms. The van der Waals surface area contributed by atoms with Gasteiger partial charge < -0.3 is 19.6 Å². The predicted molar refractivity (Wildman–Crippen MR) is 64.9 cm³/mol. The molecule has 0 aliphatic rings. The Morgan fingerprint density at radius 3 is 2.63 bits per heavy atom. The number of rotatable bonds is 6. The number of aromatic nitrogens is 2. The summed E-state index contributed by atoms with van der Waals surface area (Å²) in [6.45, 7) is 0.844. The molecule has 19 heavy (non-hydrogen) atoms. The molecule has 1 rings (SSSR count). The topological polar surface area (TPSA) is 142 Å². The van der Waals surface area contributed by atoms with E-state index < -0.39 is 37.9 Å². The predicted octanol–water partition coefficient (Wildman–Crippen LogP) is -1.64. The van der Waals surface area contributed by atoms with Crippen molar-refractivity contribution in [2.24, 2.45) is 0 Å². The normalized spacial score (nSPS) is 13.5. The summed E-state index contributed by atoms with van der Waals surface area (Å²) in [5, 5.41) is 9.03. The Morgan fingerprint density at radius 1 is 1.47 bits per heavy atom. The summed E-state index contributed by atoms with van der Waals surface area (Å²) in [5.41, 5.74) is -0.905. The highest BCUT2D eigenvalue weighted by molar-refractivity contribution is 7.51. The van der Waals surface area contributed by atoms with Crippen LogP contribution in [-0.2, 0) is 15.8 Å². The lowest BCUT2D eigenvalue weighted by molar-refractivity contribution is 0.0188. The maximum atomic E-state index is 11.5. The number of hydrogen-bond donors (Lipinski definition) is 4. The molecule has 1 atom stereocenters. The van der Waals surface area contributed by atoms with E-state index in [2.05, 4.69) is 4.98 Å². The lowest BCUT2D eigenvalue weighted by Crippen LogP contribution is -2.35. The van der Waals surface area contributed by atoms with E-state index in [1.165, 1.54) is 13.1 Å². The van der Waals surface area contributed by atoms with Crippen LogP contribution in [0.25, 0.3) is 0 Å². The molecule has 0 radical (unpaired) electrons. The Balaban J connectivity index is 2.82. The van der Waals surface area contributed by atoms with E-state index in [0.29, 0.717) is 5.56 Å². The van der Waals surface area contributed by atoms with Gasteiger partial charge in [-0.05, 0) is 6.92 Å². The van der Waals surface area contributed by atoms with Crippen molar-refractivity contribution in [3.63, 3.8) is 0 Å². The maximum absolute atomic E-state index is 11.5. The molecule has 108 valence electrons. The molecular weight excluding hydrogens is 279 g/mol. The quantitative estimate of drug-likeness (QED) is 0.461. The number of nitrogens with one attached hydrogen (secondary N) is 1. The van der Waals surface area contributed by atoms with Crippen molar-refractivity contribution < 1.29 is 24.2 Å². The second-order valence-electron chi connectivity index (χ2n) is 3.99. The molecule has 1 heterocycles. The van der Waals surface area contributed by atoms with Gasteiger partial charge in [-0.1, -0.05) is 0 Å². The first-order valence-electron chi connectivity index (χ1n) is 5.30. The van der Waals surface area contributed by atoms with Crippen LogP contribution < -0.4 is 11.2 Å². The summed E-state index contributed by atoms with van der Waals surface area (Å²) in [6.07, 6.45) is -0.532. The highest BCUT2D eigenvalue weighted by Gasteiger charge is 2.18. The first kappa shape index (κ1) is 15.8. The molecule has 0 unspecified atom stereocenters. The largest absolute Gasteiger partial charge is 0.394 e.